The fourth-order valence-electron chi connectivity index (χ4n) is 4.11. The van der Waals surface area contributed by atoms with Crippen LogP contribution in [0.4, 0.5) is 0 Å². The summed E-state index contributed by atoms with van der Waals surface area (Å²) in [4.78, 5) is 12.9. The molecule has 0 spiro atoms. The Balaban J connectivity index is 1.59. The van der Waals surface area contributed by atoms with Gasteiger partial charge >= 0.3 is 0 Å². The van der Waals surface area contributed by atoms with Gasteiger partial charge in [-0.2, -0.15) is 5.10 Å². The molecule has 1 aliphatic carbocycles. The Morgan fingerprint density at radius 3 is 2.20 bits per heavy atom. The van der Waals surface area contributed by atoms with Crippen molar-refractivity contribution in [3.8, 4) is 11.5 Å². The average Bonchev–Trinajstić information content (AvgIpc) is 3.47. The number of carbonyl (C=O) groups is 1. The van der Waals surface area contributed by atoms with Crippen molar-refractivity contribution in [3.05, 3.63) is 94.5 Å². The molecule has 0 unspecified atom stereocenters. The molecule has 0 heterocycles. The molecule has 0 saturated heterocycles. The molecule has 4 rings (SSSR count). The minimum absolute atomic E-state index is 0.0345. The van der Waals surface area contributed by atoms with Gasteiger partial charge in [-0.15, -0.1) is 0 Å². The van der Waals surface area contributed by atoms with E-state index in [9.17, 15) is 15.0 Å². The van der Waals surface area contributed by atoms with E-state index in [4.69, 9.17) is 0 Å². The summed E-state index contributed by atoms with van der Waals surface area (Å²) >= 11 is 0. The fraction of sp³-hybridized carbons (Fsp3) is 0.200. The number of rotatable bonds is 5. The molecule has 3 aromatic rings. The summed E-state index contributed by atoms with van der Waals surface area (Å²) < 4.78 is 0. The van der Waals surface area contributed by atoms with E-state index in [-0.39, 0.29) is 28.7 Å². The first-order valence-electron chi connectivity index (χ1n) is 9.89. The molecule has 3 aromatic carbocycles. The number of hydrogen-bond donors (Lipinski definition) is 3. The molecule has 1 aliphatic rings. The molecule has 5 nitrogen and oxygen atoms in total. The summed E-state index contributed by atoms with van der Waals surface area (Å²) in [7, 11) is 0. The third-order valence-electron chi connectivity index (χ3n) is 5.74. The largest absolute Gasteiger partial charge is 0.508 e. The zero-order chi connectivity index (χ0) is 21.3. The number of hydrazone groups is 1. The second-order valence-corrected chi connectivity index (χ2v) is 7.94. The van der Waals surface area contributed by atoms with Gasteiger partial charge in [-0.3, -0.25) is 4.79 Å². The van der Waals surface area contributed by atoms with E-state index in [2.05, 4.69) is 60.8 Å². The Labute approximate surface area is 175 Å². The maximum atomic E-state index is 12.9. The van der Waals surface area contributed by atoms with E-state index >= 15 is 0 Å². The van der Waals surface area contributed by atoms with Crippen molar-refractivity contribution in [1.29, 1.82) is 0 Å². The molecule has 152 valence electrons. The standard InChI is InChI=1S/C25H24N2O3/c1-16-5-3-7-19(11-16)25(20-8-4-6-17(2)12-20)14-22(25)24(30)27-26-15-18-9-10-21(28)13-23(18)29/h3-13,15,22,28-29H,14H2,1-2H3,(H,27,30)/b26-15-/t22-/m0/s1. The molecule has 1 fully saturated rings. The quantitative estimate of drug-likeness (QED) is 0.444. The van der Waals surface area contributed by atoms with Crippen molar-refractivity contribution in [2.75, 3.05) is 0 Å². The average molecular weight is 400 g/mol. The van der Waals surface area contributed by atoms with Gasteiger partial charge in [0.05, 0.1) is 12.1 Å². The molecule has 0 aliphatic heterocycles. The molecule has 1 amide bonds. The van der Waals surface area contributed by atoms with E-state index in [0.29, 0.717) is 12.0 Å². The monoisotopic (exact) mass is 400 g/mol. The summed E-state index contributed by atoms with van der Waals surface area (Å²) in [5.74, 6) is -0.528. The normalized spacial score (nSPS) is 17.1. The molecule has 0 aromatic heterocycles. The minimum Gasteiger partial charge on any atom is -0.508 e. The maximum Gasteiger partial charge on any atom is 0.244 e. The predicted octanol–water partition coefficient (Wildman–Crippen LogP) is 4.17. The van der Waals surface area contributed by atoms with Crippen LogP contribution < -0.4 is 5.43 Å². The van der Waals surface area contributed by atoms with Crippen LogP contribution in [0.3, 0.4) is 0 Å². The van der Waals surface area contributed by atoms with Gasteiger partial charge in [-0.1, -0.05) is 59.7 Å². The molecule has 0 radical (unpaired) electrons. The number of nitrogens with one attached hydrogen (secondary N) is 1. The highest BCUT2D eigenvalue weighted by atomic mass is 16.3. The summed E-state index contributed by atoms with van der Waals surface area (Å²) in [6, 6.07) is 20.8. The summed E-state index contributed by atoms with van der Waals surface area (Å²) in [6.07, 6.45) is 2.09. The van der Waals surface area contributed by atoms with Crippen molar-refractivity contribution in [2.45, 2.75) is 25.7 Å². The number of nitrogens with zero attached hydrogens (tertiary/aromatic N) is 1. The van der Waals surface area contributed by atoms with Crippen LogP contribution in [0.1, 0.15) is 34.2 Å². The number of phenols is 2. The van der Waals surface area contributed by atoms with Crippen molar-refractivity contribution in [3.63, 3.8) is 0 Å². The minimum atomic E-state index is -0.363. The SMILES string of the molecule is Cc1cccc(C2(c3cccc(C)c3)C[C@H]2C(=O)N/N=C\c2ccc(O)cc2O)c1. The van der Waals surface area contributed by atoms with E-state index in [1.54, 1.807) is 0 Å². The third-order valence-corrected chi connectivity index (χ3v) is 5.74. The van der Waals surface area contributed by atoms with Crippen LogP contribution in [0.5, 0.6) is 11.5 Å². The lowest BCUT2D eigenvalue weighted by molar-refractivity contribution is -0.122. The predicted molar refractivity (Wildman–Crippen MR) is 117 cm³/mol. The molecule has 1 atom stereocenters. The lowest BCUT2D eigenvalue weighted by Crippen LogP contribution is -2.25. The van der Waals surface area contributed by atoms with Crippen LogP contribution in [0.25, 0.3) is 0 Å². The zero-order valence-electron chi connectivity index (χ0n) is 17.0. The second-order valence-electron chi connectivity index (χ2n) is 7.94. The van der Waals surface area contributed by atoms with E-state index < -0.39 is 0 Å². The van der Waals surface area contributed by atoms with Crippen molar-refractivity contribution in [2.24, 2.45) is 11.0 Å². The van der Waals surface area contributed by atoms with Gasteiger partial charge in [-0.05, 0) is 43.5 Å². The van der Waals surface area contributed by atoms with Gasteiger partial charge in [0.1, 0.15) is 11.5 Å². The van der Waals surface area contributed by atoms with Crippen LogP contribution in [0.15, 0.2) is 71.8 Å². The van der Waals surface area contributed by atoms with Gasteiger partial charge in [0.15, 0.2) is 0 Å². The van der Waals surface area contributed by atoms with Crippen molar-refractivity contribution >= 4 is 12.1 Å². The summed E-state index contributed by atoms with van der Waals surface area (Å²) in [5.41, 5.74) is 7.25. The van der Waals surface area contributed by atoms with Gasteiger partial charge in [0, 0.05) is 17.0 Å². The molecular weight excluding hydrogens is 376 g/mol. The van der Waals surface area contributed by atoms with Crippen LogP contribution in [-0.4, -0.2) is 22.3 Å². The Bertz CT molecular complexity index is 1090. The maximum absolute atomic E-state index is 12.9. The highest BCUT2D eigenvalue weighted by molar-refractivity contribution is 5.88. The Morgan fingerprint density at radius 2 is 1.63 bits per heavy atom. The molecule has 1 saturated carbocycles. The molecule has 30 heavy (non-hydrogen) atoms. The number of aryl methyl sites for hydroxylation is 2. The number of phenolic OH excluding ortho intramolecular Hbond substituents is 2. The lowest BCUT2D eigenvalue weighted by Gasteiger charge is -2.19. The van der Waals surface area contributed by atoms with Gasteiger partial charge in [0.2, 0.25) is 5.91 Å². The van der Waals surface area contributed by atoms with Gasteiger partial charge in [-0.25, -0.2) is 5.43 Å². The fourth-order valence-corrected chi connectivity index (χ4v) is 4.11. The molecular formula is C25H24N2O3. The van der Waals surface area contributed by atoms with Crippen molar-refractivity contribution < 1.29 is 15.0 Å². The first-order valence-corrected chi connectivity index (χ1v) is 9.89. The zero-order valence-corrected chi connectivity index (χ0v) is 17.0. The highest BCUT2D eigenvalue weighted by Gasteiger charge is 2.60. The number of hydrogen-bond acceptors (Lipinski definition) is 4. The highest BCUT2D eigenvalue weighted by Crippen LogP contribution is 2.59. The van der Waals surface area contributed by atoms with Crippen LogP contribution in [0.2, 0.25) is 0 Å². The van der Waals surface area contributed by atoms with E-state index in [1.807, 2.05) is 12.1 Å². The van der Waals surface area contributed by atoms with Crippen LogP contribution in [-0.2, 0) is 10.2 Å². The number of carbonyl (C=O) groups excluding carboxylic acids is 1. The van der Waals surface area contributed by atoms with E-state index in [0.717, 1.165) is 22.3 Å². The third kappa shape index (κ3) is 3.66. The van der Waals surface area contributed by atoms with Crippen molar-refractivity contribution in [1.82, 2.24) is 5.43 Å². The first-order chi connectivity index (χ1) is 14.4. The summed E-state index contributed by atoms with van der Waals surface area (Å²) in [6.45, 7) is 4.11. The van der Waals surface area contributed by atoms with Gasteiger partial charge in [0.25, 0.3) is 0 Å². The number of benzene rings is 3. The van der Waals surface area contributed by atoms with E-state index in [1.165, 1.54) is 24.4 Å². The van der Waals surface area contributed by atoms with Crippen LogP contribution in [0, 0.1) is 19.8 Å². The Morgan fingerprint density at radius 1 is 1.00 bits per heavy atom. The van der Waals surface area contributed by atoms with Gasteiger partial charge < -0.3 is 10.2 Å². The second kappa shape index (κ2) is 7.67. The smallest absolute Gasteiger partial charge is 0.244 e. The topological polar surface area (TPSA) is 81.9 Å². The number of amides is 1. The number of aromatic hydroxyl groups is 2. The molecule has 5 heteroatoms. The summed E-state index contributed by atoms with van der Waals surface area (Å²) in [5, 5.41) is 23.2. The lowest BCUT2D eigenvalue weighted by atomic mass is 9.84. The van der Waals surface area contributed by atoms with Crippen LogP contribution >= 0.6 is 0 Å². The molecule has 3 N–H and O–H groups in total. The Hall–Kier alpha value is -3.60. The Kier molecular flexibility index (Phi) is 5.04. The first kappa shape index (κ1) is 19.7. The molecule has 0 bridgehead atoms.